The van der Waals surface area contributed by atoms with Crippen molar-refractivity contribution in [1.29, 1.82) is 0 Å². The van der Waals surface area contributed by atoms with E-state index in [-0.39, 0.29) is 5.91 Å². The fourth-order valence-corrected chi connectivity index (χ4v) is 4.71. The third-order valence-corrected chi connectivity index (χ3v) is 6.22. The van der Waals surface area contributed by atoms with Crippen LogP contribution in [0, 0.1) is 6.92 Å². The number of H-pyrrole nitrogens is 1. The largest absolute Gasteiger partial charge is 0.358 e. The molecule has 1 aromatic carbocycles. The van der Waals surface area contributed by atoms with Gasteiger partial charge in [-0.2, -0.15) is 0 Å². The number of benzene rings is 1. The number of hydrogen-bond donors (Lipinski definition) is 2. The molecule has 4 nitrogen and oxygen atoms in total. The number of thiophene rings is 1. The molecule has 0 spiro atoms. The minimum absolute atomic E-state index is 0.125. The van der Waals surface area contributed by atoms with E-state index in [0.29, 0.717) is 19.0 Å². The number of hydrogen-bond acceptors (Lipinski definition) is 3. The molecule has 0 saturated carbocycles. The summed E-state index contributed by atoms with van der Waals surface area (Å²) in [7, 11) is 0. The number of rotatable bonds is 5. The first kappa shape index (κ1) is 17.3. The average molecular weight is 368 g/mol. The zero-order valence-corrected chi connectivity index (χ0v) is 15.9. The van der Waals surface area contributed by atoms with Crippen LogP contribution in [0.25, 0.3) is 10.9 Å². The van der Waals surface area contributed by atoms with E-state index >= 15 is 0 Å². The highest BCUT2D eigenvalue weighted by Gasteiger charge is 2.25. The van der Waals surface area contributed by atoms with E-state index in [1.807, 2.05) is 11.4 Å². The molecule has 0 radical (unpaired) electrons. The Hall–Kier alpha value is -2.11. The van der Waals surface area contributed by atoms with Crippen LogP contribution in [0.1, 0.15) is 34.9 Å². The molecule has 1 aliphatic heterocycles. The normalized spacial score (nSPS) is 16.2. The van der Waals surface area contributed by atoms with Gasteiger partial charge >= 0.3 is 0 Å². The van der Waals surface area contributed by atoms with Gasteiger partial charge in [0.05, 0.1) is 13.1 Å². The minimum Gasteiger partial charge on any atom is -0.358 e. The molecule has 1 saturated heterocycles. The van der Waals surface area contributed by atoms with Gasteiger partial charge in [0, 0.05) is 21.5 Å². The van der Waals surface area contributed by atoms with Crippen molar-refractivity contribution < 1.29 is 4.79 Å². The van der Waals surface area contributed by atoms with Gasteiger partial charge in [0.15, 0.2) is 0 Å². The highest BCUT2D eigenvalue weighted by molar-refractivity contribution is 7.09. The molecule has 1 fully saturated rings. The lowest BCUT2D eigenvalue weighted by atomic mass is 9.87. The number of aryl methyl sites for hydroxylation is 1. The Labute approximate surface area is 158 Å². The van der Waals surface area contributed by atoms with Crippen LogP contribution in [0.4, 0.5) is 0 Å². The molecule has 3 aromatic rings. The van der Waals surface area contributed by atoms with Gasteiger partial charge in [-0.05, 0) is 61.8 Å². The Bertz CT molecular complexity index is 876. The zero-order chi connectivity index (χ0) is 17.9. The molecule has 2 N–H and O–H groups in total. The third kappa shape index (κ3) is 3.69. The van der Waals surface area contributed by atoms with Crippen molar-refractivity contribution in [1.82, 2.24) is 15.2 Å². The van der Waals surface area contributed by atoms with E-state index in [9.17, 15) is 4.79 Å². The van der Waals surface area contributed by atoms with Crippen LogP contribution >= 0.6 is 11.3 Å². The monoisotopic (exact) mass is 367 g/mol. The number of nitrogens with zero attached hydrogens (tertiary/aromatic N) is 1. The van der Waals surface area contributed by atoms with E-state index in [2.05, 4.69) is 52.5 Å². The SMILES string of the molecule is Cc1[nH]c2ccccc2c1C1CCN(CC(=O)NCc2cccs2)CC1. The molecular weight excluding hydrogens is 342 g/mol. The number of likely N-dealkylation sites (tertiary alicyclic amines) is 1. The number of para-hydroxylation sites is 1. The number of nitrogens with one attached hydrogen (secondary N) is 2. The maximum atomic E-state index is 12.2. The molecule has 2 aromatic heterocycles. The van der Waals surface area contributed by atoms with Gasteiger partial charge in [0.2, 0.25) is 5.91 Å². The molecule has 1 amide bonds. The predicted molar refractivity (Wildman–Crippen MR) is 108 cm³/mol. The molecule has 0 atom stereocenters. The summed E-state index contributed by atoms with van der Waals surface area (Å²) in [5, 5.41) is 6.43. The number of aromatic nitrogens is 1. The minimum atomic E-state index is 0.125. The Morgan fingerprint density at radius 3 is 2.81 bits per heavy atom. The van der Waals surface area contributed by atoms with Crippen molar-refractivity contribution in [3.05, 3.63) is 57.9 Å². The maximum Gasteiger partial charge on any atom is 0.234 e. The quantitative estimate of drug-likeness (QED) is 0.715. The van der Waals surface area contributed by atoms with Crippen molar-refractivity contribution in [2.75, 3.05) is 19.6 Å². The molecule has 5 heteroatoms. The standard InChI is InChI=1S/C21H25N3OS/c1-15-21(18-6-2-3-7-19(18)23-15)16-8-10-24(11-9-16)14-20(25)22-13-17-5-4-12-26-17/h2-7,12,16,23H,8-11,13-14H2,1H3,(H,22,25). The summed E-state index contributed by atoms with van der Waals surface area (Å²) in [4.78, 5) is 19.2. The summed E-state index contributed by atoms with van der Waals surface area (Å²) in [5.41, 5.74) is 4.00. The van der Waals surface area contributed by atoms with Gasteiger partial charge in [-0.25, -0.2) is 0 Å². The highest BCUT2D eigenvalue weighted by Crippen LogP contribution is 2.35. The van der Waals surface area contributed by atoms with E-state index in [1.165, 1.54) is 27.0 Å². The lowest BCUT2D eigenvalue weighted by molar-refractivity contribution is -0.122. The van der Waals surface area contributed by atoms with E-state index in [4.69, 9.17) is 0 Å². The van der Waals surface area contributed by atoms with Crippen LogP contribution in [-0.2, 0) is 11.3 Å². The number of carbonyl (C=O) groups is 1. The topological polar surface area (TPSA) is 48.1 Å². The Kier molecular flexibility index (Phi) is 5.09. The van der Waals surface area contributed by atoms with Gasteiger partial charge < -0.3 is 10.3 Å². The summed E-state index contributed by atoms with van der Waals surface area (Å²) >= 11 is 1.68. The Balaban J connectivity index is 1.32. The molecule has 0 bridgehead atoms. The predicted octanol–water partition coefficient (Wildman–Crippen LogP) is 4.03. The van der Waals surface area contributed by atoms with E-state index in [0.717, 1.165) is 25.9 Å². The van der Waals surface area contributed by atoms with E-state index in [1.54, 1.807) is 11.3 Å². The maximum absolute atomic E-state index is 12.2. The van der Waals surface area contributed by atoms with Crippen molar-refractivity contribution >= 4 is 28.1 Å². The first-order valence-electron chi connectivity index (χ1n) is 9.29. The molecule has 136 valence electrons. The second-order valence-corrected chi connectivity index (χ2v) is 8.15. The number of piperidine rings is 1. The van der Waals surface area contributed by atoms with Crippen molar-refractivity contribution in [2.24, 2.45) is 0 Å². The Morgan fingerprint density at radius 1 is 1.23 bits per heavy atom. The van der Waals surface area contributed by atoms with Crippen LogP contribution in [0.2, 0.25) is 0 Å². The average Bonchev–Trinajstić information content (AvgIpc) is 3.27. The molecule has 1 aliphatic rings. The summed E-state index contributed by atoms with van der Waals surface area (Å²) in [6.45, 7) is 5.29. The summed E-state index contributed by atoms with van der Waals surface area (Å²) in [5.74, 6) is 0.705. The highest BCUT2D eigenvalue weighted by atomic mass is 32.1. The van der Waals surface area contributed by atoms with Crippen molar-refractivity contribution in [3.8, 4) is 0 Å². The van der Waals surface area contributed by atoms with Gasteiger partial charge in [-0.3, -0.25) is 9.69 Å². The molecule has 3 heterocycles. The first-order valence-corrected chi connectivity index (χ1v) is 10.2. The lowest BCUT2D eigenvalue weighted by Gasteiger charge is -2.31. The van der Waals surface area contributed by atoms with Gasteiger partial charge in [-0.15, -0.1) is 11.3 Å². The van der Waals surface area contributed by atoms with Crippen LogP contribution in [0.15, 0.2) is 41.8 Å². The molecule has 0 aliphatic carbocycles. The number of aromatic amines is 1. The molecule has 26 heavy (non-hydrogen) atoms. The van der Waals surface area contributed by atoms with Crippen molar-refractivity contribution in [2.45, 2.75) is 32.2 Å². The van der Waals surface area contributed by atoms with Gasteiger partial charge in [-0.1, -0.05) is 24.3 Å². The smallest absolute Gasteiger partial charge is 0.234 e. The van der Waals surface area contributed by atoms with Gasteiger partial charge in [0.25, 0.3) is 0 Å². The third-order valence-electron chi connectivity index (χ3n) is 5.35. The van der Waals surface area contributed by atoms with Crippen LogP contribution in [0.3, 0.4) is 0 Å². The Morgan fingerprint density at radius 2 is 2.04 bits per heavy atom. The number of amides is 1. The second kappa shape index (κ2) is 7.64. The van der Waals surface area contributed by atoms with Crippen LogP contribution in [0.5, 0.6) is 0 Å². The zero-order valence-electron chi connectivity index (χ0n) is 15.1. The fraction of sp³-hybridized carbons (Fsp3) is 0.381. The van der Waals surface area contributed by atoms with Crippen LogP contribution < -0.4 is 5.32 Å². The lowest BCUT2D eigenvalue weighted by Crippen LogP contribution is -2.41. The van der Waals surface area contributed by atoms with Crippen LogP contribution in [-0.4, -0.2) is 35.4 Å². The number of carbonyl (C=O) groups excluding carboxylic acids is 1. The molecule has 4 rings (SSSR count). The molecule has 0 unspecified atom stereocenters. The van der Waals surface area contributed by atoms with Crippen molar-refractivity contribution in [3.63, 3.8) is 0 Å². The summed E-state index contributed by atoms with van der Waals surface area (Å²) in [6.07, 6.45) is 2.22. The first-order chi connectivity index (χ1) is 12.7. The molecular formula is C21H25N3OS. The number of fused-ring (bicyclic) bond motifs is 1. The fourth-order valence-electron chi connectivity index (χ4n) is 4.06. The van der Waals surface area contributed by atoms with E-state index < -0.39 is 0 Å². The summed E-state index contributed by atoms with van der Waals surface area (Å²) < 4.78 is 0. The second-order valence-electron chi connectivity index (χ2n) is 7.12. The summed E-state index contributed by atoms with van der Waals surface area (Å²) in [6, 6.07) is 12.6. The van der Waals surface area contributed by atoms with Gasteiger partial charge in [0.1, 0.15) is 0 Å².